The number of nitrogens with zero attached hydrogens (tertiary/aromatic N) is 4. The van der Waals surface area contributed by atoms with Crippen LogP contribution in [0, 0.1) is 18.6 Å². The Labute approximate surface area is 138 Å². The molecule has 1 aliphatic heterocycles. The SMILES string of the molecule is Cc1noc([C@@H]2CN(C(=O)Cc3c(F)cccc3F)CCN2C)n1. The lowest BCUT2D eigenvalue weighted by Gasteiger charge is -2.37. The summed E-state index contributed by atoms with van der Waals surface area (Å²) in [5.41, 5.74) is -0.202. The molecule has 0 aliphatic carbocycles. The van der Waals surface area contributed by atoms with Crippen LogP contribution in [0.25, 0.3) is 0 Å². The van der Waals surface area contributed by atoms with E-state index in [2.05, 4.69) is 10.1 Å². The van der Waals surface area contributed by atoms with Gasteiger partial charge in [0.25, 0.3) is 0 Å². The van der Waals surface area contributed by atoms with E-state index >= 15 is 0 Å². The third-order valence-electron chi connectivity index (χ3n) is 4.22. The Balaban J connectivity index is 1.73. The van der Waals surface area contributed by atoms with Gasteiger partial charge in [-0.2, -0.15) is 4.98 Å². The molecule has 0 saturated carbocycles. The first-order valence-electron chi connectivity index (χ1n) is 7.67. The van der Waals surface area contributed by atoms with Crippen molar-refractivity contribution in [1.82, 2.24) is 19.9 Å². The molecule has 1 atom stereocenters. The Morgan fingerprint density at radius 3 is 2.67 bits per heavy atom. The van der Waals surface area contributed by atoms with Gasteiger partial charge in [-0.3, -0.25) is 9.69 Å². The van der Waals surface area contributed by atoms with Gasteiger partial charge in [-0.25, -0.2) is 8.78 Å². The van der Waals surface area contributed by atoms with Gasteiger partial charge >= 0.3 is 0 Å². The van der Waals surface area contributed by atoms with Crippen LogP contribution in [0.5, 0.6) is 0 Å². The van der Waals surface area contributed by atoms with E-state index in [0.717, 1.165) is 12.1 Å². The second-order valence-electron chi connectivity index (χ2n) is 5.89. The molecule has 128 valence electrons. The zero-order valence-corrected chi connectivity index (χ0v) is 13.5. The zero-order valence-electron chi connectivity index (χ0n) is 13.5. The second kappa shape index (κ2) is 6.64. The summed E-state index contributed by atoms with van der Waals surface area (Å²) in [5.74, 6) is -0.781. The van der Waals surface area contributed by atoms with E-state index in [9.17, 15) is 13.6 Å². The van der Waals surface area contributed by atoms with E-state index in [0.29, 0.717) is 31.3 Å². The smallest absolute Gasteiger partial charge is 0.245 e. The lowest BCUT2D eigenvalue weighted by atomic mass is 10.1. The Kier molecular flexibility index (Phi) is 4.57. The van der Waals surface area contributed by atoms with Gasteiger partial charge in [0.15, 0.2) is 5.82 Å². The average molecular weight is 336 g/mol. The molecule has 1 saturated heterocycles. The first-order chi connectivity index (χ1) is 11.5. The van der Waals surface area contributed by atoms with Crippen LogP contribution in [-0.4, -0.2) is 52.5 Å². The number of rotatable bonds is 3. The number of likely N-dealkylation sites (N-methyl/N-ethyl adjacent to an activating group) is 1. The van der Waals surface area contributed by atoms with Gasteiger partial charge in [-0.15, -0.1) is 0 Å². The highest BCUT2D eigenvalue weighted by molar-refractivity contribution is 5.79. The van der Waals surface area contributed by atoms with Gasteiger partial charge < -0.3 is 9.42 Å². The highest BCUT2D eigenvalue weighted by Crippen LogP contribution is 2.23. The molecule has 0 unspecified atom stereocenters. The van der Waals surface area contributed by atoms with Crippen molar-refractivity contribution >= 4 is 5.91 Å². The molecular weight excluding hydrogens is 318 g/mol. The van der Waals surface area contributed by atoms with Crippen LogP contribution < -0.4 is 0 Å². The van der Waals surface area contributed by atoms with Crippen LogP contribution in [0.1, 0.15) is 23.3 Å². The fourth-order valence-electron chi connectivity index (χ4n) is 2.78. The second-order valence-corrected chi connectivity index (χ2v) is 5.89. The van der Waals surface area contributed by atoms with Gasteiger partial charge in [0.1, 0.15) is 17.7 Å². The van der Waals surface area contributed by atoms with E-state index in [1.54, 1.807) is 11.8 Å². The first kappa shape index (κ1) is 16.5. The minimum Gasteiger partial charge on any atom is -0.339 e. The maximum absolute atomic E-state index is 13.7. The van der Waals surface area contributed by atoms with Gasteiger partial charge in [0.2, 0.25) is 11.8 Å². The van der Waals surface area contributed by atoms with Crippen LogP contribution in [-0.2, 0) is 11.2 Å². The number of aryl methyl sites for hydroxylation is 1. The van der Waals surface area contributed by atoms with Crippen molar-refractivity contribution in [3.05, 3.63) is 47.1 Å². The van der Waals surface area contributed by atoms with Crippen LogP contribution in [0.3, 0.4) is 0 Å². The minimum absolute atomic E-state index is 0.202. The fourth-order valence-corrected chi connectivity index (χ4v) is 2.78. The predicted molar refractivity (Wildman–Crippen MR) is 81.0 cm³/mol. The third kappa shape index (κ3) is 3.28. The average Bonchev–Trinajstić information content (AvgIpc) is 2.97. The largest absolute Gasteiger partial charge is 0.339 e. The molecule has 1 aromatic heterocycles. The van der Waals surface area contributed by atoms with Crippen LogP contribution in [0.4, 0.5) is 8.78 Å². The van der Waals surface area contributed by atoms with Crippen molar-refractivity contribution in [1.29, 1.82) is 0 Å². The monoisotopic (exact) mass is 336 g/mol. The minimum atomic E-state index is -0.707. The number of halogens is 2. The number of amides is 1. The summed E-state index contributed by atoms with van der Waals surface area (Å²) in [7, 11) is 1.91. The van der Waals surface area contributed by atoms with Crippen molar-refractivity contribution in [3.63, 3.8) is 0 Å². The number of carbonyl (C=O) groups excluding carboxylic acids is 1. The molecule has 2 heterocycles. The predicted octanol–water partition coefficient (Wildman–Crippen LogP) is 1.71. The molecule has 6 nitrogen and oxygen atoms in total. The van der Waals surface area contributed by atoms with E-state index < -0.39 is 11.6 Å². The van der Waals surface area contributed by atoms with Gasteiger partial charge in [0.05, 0.1) is 6.42 Å². The normalized spacial score (nSPS) is 18.8. The Morgan fingerprint density at radius 1 is 1.33 bits per heavy atom. The van der Waals surface area contributed by atoms with Crippen molar-refractivity contribution in [2.75, 3.05) is 26.7 Å². The van der Waals surface area contributed by atoms with Crippen LogP contribution in [0.2, 0.25) is 0 Å². The Hall–Kier alpha value is -2.35. The Morgan fingerprint density at radius 2 is 2.04 bits per heavy atom. The molecule has 1 aliphatic rings. The third-order valence-corrected chi connectivity index (χ3v) is 4.22. The van der Waals surface area contributed by atoms with E-state index in [4.69, 9.17) is 4.52 Å². The van der Waals surface area contributed by atoms with Crippen molar-refractivity contribution < 1.29 is 18.1 Å². The van der Waals surface area contributed by atoms with E-state index in [1.165, 1.54) is 6.07 Å². The standard InChI is InChI=1S/C16H18F2N4O2/c1-10-19-16(24-20-10)14-9-22(7-6-21(14)2)15(23)8-11-12(17)4-3-5-13(11)18/h3-5,14H,6-9H2,1-2H3/t14-/m0/s1. The lowest BCUT2D eigenvalue weighted by Crippen LogP contribution is -2.49. The maximum Gasteiger partial charge on any atom is 0.245 e. The zero-order chi connectivity index (χ0) is 17.3. The molecule has 2 aromatic rings. The molecule has 8 heteroatoms. The molecule has 1 aromatic carbocycles. The lowest BCUT2D eigenvalue weighted by molar-refractivity contribution is -0.133. The Bertz CT molecular complexity index is 729. The van der Waals surface area contributed by atoms with Crippen molar-refractivity contribution in [2.45, 2.75) is 19.4 Å². The summed E-state index contributed by atoms with van der Waals surface area (Å²) in [5, 5.41) is 3.77. The number of aromatic nitrogens is 2. The molecule has 1 fully saturated rings. The number of hydrogen-bond donors (Lipinski definition) is 0. The molecule has 1 amide bonds. The number of hydrogen-bond acceptors (Lipinski definition) is 5. The topological polar surface area (TPSA) is 62.5 Å². The summed E-state index contributed by atoms with van der Waals surface area (Å²) >= 11 is 0. The molecule has 0 radical (unpaired) electrons. The van der Waals surface area contributed by atoms with Gasteiger partial charge in [-0.1, -0.05) is 11.2 Å². The summed E-state index contributed by atoms with van der Waals surface area (Å²) in [6, 6.07) is 3.36. The number of piperazine rings is 1. The van der Waals surface area contributed by atoms with E-state index in [1.807, 2.05) is 11.9 Å². The van der Waals surface area contributed by atoms with Crippen molar-refractivity contribution in [2.24, 2.45) is 0 Å². The van der Waals surface area contributed by atoms with Gasteiger partial charge in [-0.05, 0) is 26.1 Å². The highest BCUT2D eigenvalue weighted by atomic mass is 19.1. The summed E-state index contributed by atoms with van der Waals surface area (Å²) < 4.78 is 32.7. The van der Waals surface area contributed by atoms with Gasteiger partial charge in [0, 0.05) is 25.2 Å². The summed E-state index contributed by atoms with van der Waals surface area (Å²) in [6.07, 6.45) is -0.308. The van der Waals surface area contributed by atoms with Crippen LogP contribution in [0.15, 0.2) is 22.7 Å². The summed E-state index contributed by atoms with van der Waals surface area (Å²) in [4.78, 5) is 20.3. The van der Waals surface area contributed by atoms with Crippen LogP contribution >= 0.6 is 0 Å². The molecular formula is C16H18F2N4O2. The first-order valence-corrected chi connectivity index (χ1v) is 7.67. The molecule has 0 spiro atoms. The number of carbonyl (C=O) groups is 1. The summed E-state index contributed by atoms with van der Waals surface area (Å²) in [6.45, 7) is 3.15. The molecule has 3 rings (SSSR count). The van der Waals surface area contributed by atoms with Crippen molar-refractivity contribution in [3.8, 4) is 0 Å². The fraction of sp³-hybridized carbons (Fsp3) is 0.438. The maximum atomic E-state index is 13.7. The molecule has 0 N–H and O–H groups in total. The molecule has 24 heavy (non-hydrogen) atoms. The number of benzene rings is 1. The molecule has 0 bridgehead atoms. The highest BCUT2D eigenvalue weighted by Gasteiger charge is 2.32. The van der Waals surface area contributed by atoms with E-state index in [-0.39, 0.29) is 23.9 Å². The quantitative estimate of drug-likeness (QED) is 0.854.